The van der Waals surface area contributed by atoms with E-state index in [2.05, 4.69) is 31.5 Å². The Morgan fingerprint density at radius 2 is 1.85 bits per heavy atom. The van der Waals surface area contributed by atoms with Crippen LogP contribution in [0.3, 0.4) is 0 Å². The van der Waals surface area contributed by atoms with Crippen LogP contribution < -0.4 is 10.6 Å². The van der Waals surface area contributed by atoms with Crippen molar-refractivity contribution in [3.8, 4) is 22.8 Å². The van der Waals surface area contributed by atoms with E-state index in [4.69, 9.17) is 6.42 Å². The predicted octanol–water partition coefficient (Wildman–Crippen LogP) is 6.21. The maximum Gasteiger partial charge on any atom is 0.433 e. The molecule has 2 aromatic heterocycles. The quantitative estimate of drug-likeness (QED) is 0.236. The Labute approximate surface area is 238 Å². The van der Waals surface area contributed by atoms with Gasteiger partial charge in [-0.2, -0.15) is 13.2 Å². The molecule has 41 heavy (non-hydrogen) atoms. The van der Waals surface area contributed by atoms with Crippen LogP contribution >= 0.6 is 11.3 Å². The van der Waals surface area contributed by atoms with E-state index < -0.39 is 17.5 Å². The first-order valence-corrected chi connectivity index (χ1v) is 13.7. The summed E-state index contributed by atoms with van der Waals surface area (Å²) in [5, 5.41) is 17.9. The van der Waals surface area contributed by atoms with Gasteiger partial charge in [-0.25, -0.2) is 15.0 Å². The molecule has 0 unspecified atom stereocenters. The second-order valence-electron chi connectivity index (χ2n) is 10.0. The van der Waals surface area contributed by atoms with E-state index in [1.165, 1.54) is 11.3 Å². The summed E-state index contributed by atoms with van der Waals surface area (Å²) in [6, 6.07) is 13.1. The van der Waals surface area contributed by atoms with Crippen LogP contribution in [-0.4, -0.2) is 32.0 Å². The Balaban J connectivity index is 1.25. The monoisotopic (exact) mass is 577 g/mol. The van der Waals surface area contributed by atoms with Crippen LogP contribution in [0.5, 0.6) is 0 Å². The molecule has 7 nitrogen and oxygen atoms in total. The number of hydrogen-bond donors (Lipinski definition) is 3. The zero-order valence-electron chi connectivity index (χ0n) is 22.0. The van der Waals surface area contributed by atoms with E-state index in [9.17, 15) is 23.1 Å². The molecule has 1 amide bonds. The van der Waals surface area contributed by atoms with E-state index in [0.29, 0.717) is 47.5 Å². The van der Waals surface area contributed by atoms with Crippen LogP contribution in [-0.2, 0) is 11.8 Å². The van der Waals surface area contributed by atoms with Gasteiger partial charge in [0.15, 0.2) is 0 Å². The summed E-state index contributed by atoms with van der Waals surface area (Å²) in [5.74, 6) is 2.18. The molecule has 3 N–H and O–H groups in total. The van der Waals surface area contributed by atoms with E-state index in [-0.39, 0.29) is 17.9 Å². The Morgan fingerprint density at radius 1 is 1.12 bits per heavy atom. The number of carbonyl (C=O) groups excluding carboxylic acids is 1. The third kappa shape index (κ3) is 6.56. The Bertz CT molecular complexity index is 1600. The van der Waals surface area contributed by atoms with Gasteiger partial charge in [-0.05, 0) is 86.2 Å². The molecule has 0 atom stereocenters. The van der Waals surface area contributed by atoms with E-state index in [0.717, 1.165) is 28.3 Å². The van der Waals surface area contributed by atoms with Crippen molar-refractivity contribution >= 4 is 28.9 Å². The molecule has 4 aromatic rings. The molecule has 0 bridgehead atoms. The molecule has 1 aliphatic carbocycles. The third-order valence-corrected chi connectivity index (χ3v) is 8.17. The number of aromatic nitrogens is 3. The zero-order chi connectivity index (χ0) is 29.2. The number of halogens is 3. The fourth-order valence-corrected chi connectivity index (χ4v) is 5.82. The summed E-state index contributed by atoms with van der Waals surface area (Å²) in [5.41, 5.74) is 1.28. The lowest BCUT2D eigenvalue weighted by atomic mass is 9.82. The number of aryl methyl sites for hydroxylation is 1. The minimum Gasteiger partial charge on any atom is -0.383 e. The van der Waals surface area contributed by atoms with Crippen LogP contribution in [0.25, 0.3) is 10.4 Å². The second kappa shape index (κ2) is 11.3. The summed E-state index contributed by atoms with van der Waals surface area (Å²) >= 11 is 1.36. The van der Waals surface area contributed by atoms with Crippen molar-refractivity contribution in [3.63, 3.8) is 0 Å². The average molecular weight is 578 g/mol. The Kier molecular flexibility index (Phi) is 7.80. The van der Waals surface area contributed by atoms with E-state index in [1.54, 1.807) is 42.6 Å². The molecule has 1 fully saturated rings. The minimum atomic E-state index is -4.57. The molecular weight excluding hydrogens is 551 g/mol. The lowest BCUT2D eigenvalue weighted by molar-refractivity contribution is -0.141. The molecule has 11 heteroatoms. The highest BCUT2D eigenvalue weighted by atomic mass is 32.1. The number of nitrogens with zero attached hydrogens (tertiary/aromatic N) is 3. The number of thiazole rings is 1. The molecular formula is C30H26F3N5O2S. The van der Waals surface area contributed by atoms with Gasteiger partial charge >= 0.3 is 6.18 Å². The molecule has 5 rings (SSSR count). The summed E-state index contributed by atoms with van der Waals surface area (Å²) in [6.45, 7) is 1.87. The van der Waals surface area contributed by atoms with Crippen molar-refractivity contribution in [1.29, 1.82) is 0 Å². The van der Waals surface area contributed by atoms with Gasteiger partial charge in [-0.3, -0.25) is 4.79 Å². The maximum atomic E-state index is 13.0. The zero-order valence-corrected chi connectivity index (χ0v) is 22.8. The minimum absolute atomic E-state index is 0.0713. The SMILES string of the molecule is C#Cc1ccc(C(=O)NC2CCC(O)(c3ncc(-c4cc(C)cc(Nc5nccc(C(F)(F)F)n5)c4)s3)CC2)cc1. The van der Waals surface area contributed by atoms with Gasteiger partial charge in [0.2, 0.25) is 5.95 Å². The molecule has 2 aromatic carbocycles. The number of benzene rings is 2. The molecule has 2 heterocycles. The van der Waals surface area contributed by atoms with Gasteiger partial charge in [0, 0.05) is 35.2 Å². The van der Waals surface area contributed by atoms with Crippen LogP contribution in [0.1, 0.15) is 57.9 Å². The van der Waals surface area contributed by atoms with Crippen molar-refractivity contribution < 1.29 is 23.1 Å². The third-order valence-electron chi connectivity index (χ3n) is 6.93. The van der Waals surface area contributed by atoms with Crippen LogP contribution in [0.2, 0.25) is 0 Å². The molecule has 0 aliphatic heterocycles. The number of nitrogens with one attached hydrogen (secondary N) is 2. The number of amides is 1. The largest absolute Gasteiger partial charge is 0.433 e. The summed E-state index contributed by atoms with van der Waals surface area (Å²) in [6.07, 6.45) is 5.61. The molecule has 1 aliphatic rings. The lowest BCUT2D eigenvalue weighted by Gasteiger charge is -2.34. The first-order chi connectivity index (χ1) is 19.5. The summed E-state index contributed by atoms with van der Waals surface area (Å²) in [7, 11) is 0. The van der Waals surface area contributed by atoms with Crippen molar-refractivity contribution in [3.05, 3.63) is 88.3 Å². The van der Waals surface area contributed by atoms with Gasteiger partial charge < -0.3 is 15.7 Å². The first-order valence-electron chi connectivity index (χ1n) is 12.9. The van der Waals surface area contributed by atoms with Crippen molar-refractivity contribution in [2.24, 2.45) is 0 Å². The number of anilines is 2. The number of terminal acetylenes is 1. The van der Waals surface area contributed by atoms with E-state index in [1.807, 2.05) is 13.0 Å². The van der Waals surface area contributed by atoms with E-state index >= 15 is 0 Å². The molecule has 210 valence electrons. The normalized spacial score (nSPS) is 18.9. The summed E-state index contributed by atoms with van der Waals surface area (Å²) < 4.78 is 39.1. The number of rotatable bonds is 6. The van der Waals surface area contributed by atoms with Crippen LogP contribution in [0.15, 0.2) is 60.9 Å². The molecule has 0 spiro atoms. The Morgan fingerprint density at radius 3 is 2.54 bits per heavy atom. The molecule has 1 saturated carbocycles. The topological polar surface area (TPSA) is 100 Å². The standard InChI is InChI=1S/C30H26F3N5O2S/c1-3-19-4-6-20(7-5-19)26(39)36-22-8-11-29(40,12-9-22)27-35-17-24(41-27)21-14-18(2)15-23(16-21)37-28-34-13-10-25(38-28)30(31,32)33/h1,4-7,10,13-17,22,40H,8-9,11-12H2,2H3,(H,36,39)(H,34,37,38). The van der Waals surface area contributed by atoms with Crippen LogP contribution in [0, 0.1) is 19.3 Å². The van der Waals surface area contributed by atoms with Gasteiger partial charge in [0.05, 0.1) is 4.88 Å². The summed E-state index contributed by atoms with van der Waals surface area (Å²) in [4.78, 5) is 25.4. The fourth-order valence-electron chi connectivity index (χ4n) is 4.77. The number of carbonyl (C=O) groups is 1. The van der Waals surface area contributed by atoms with Gasteiger partial charge in [-0.15, -0.1) is 17.8 Å². The fraction of sp³-hybridized carbons (Fsp3) is 0.267. The molecule has 0 radical (unpaired) electrons. The van der Waals surface area contributed by atoms with Crippen molar-refractivity contribution in [2.75, 3.05) is 5.32 Å². The highest BCUT2D eigenvalue weighted by Gasteiger charge is 2.38. The second-order valence-corrected chi connectivity index (χ2v) is 11.0. The van der Waals surface area contributed by atoms with Gasteiger partial charge in [0.1, 0.15) is 16.3 Å². The van der Waals surface area contributed by atoms with Gasteiger partial charge in [0.25, 0.3) is 5.91 Å². The Hall–Kier alpha value is -4.27. The maximum absolute atomic E-state index is 13.0. The van der Waals surface area contributed by atoms with Gasteiger partial charge in [-0.1, -0.05) is 12.0 Å². The number of hydrogen-bond acceptors (Lipinski definition) is 7. The predicted molar refractivity (Wildman–Crippen MR) is 151 cm³/mol. The van der Waals surface area contributed by atoms with Crippen molar-refractivity contribution in [2.45, 2.75) is 50.4 Å². The highest BCUT2D eigenvalue weighted by Crippen LogP contribution is 2.41. The molecule has 0 saturated heterocycles. The first kappa shape index (κ1) is 28.3. The van der Waals surface area contributed by atoms with Crippen LogP contribution in [0.4, 0.5) is 24.8 Å². The lowest BCUT2D eigenvalue weighted by Crippen LogP contribution is -2.42. The number of aliphatic hydroxyl groups is 1. The smallest absolute Gasteiger partial charge is 0.383 e. The highest BCUT2D eigenvalue weighted by molar-refractivity contribution is 7.15. The van der Waals surface area contributed by atoms with Crippen molar-refractivity contribution in [1.82, 2.24) is 20.3 Å². The average Bonchev–Trinajstić information content (AvgIpc) is 3.45. The number of alkyl halides is 3.